The molecule has 0 radical (unpaired) electrons. The van der Waals surface area contributed by atoms with Crippen LogP contribution in [0.3, 0.4) is 0 Å². The number of rotatable bonds is 5. The van der Waals surface area contributed by atoms with Gasteiger partial charge >= 0.3 is 11.9 Å². The lowest BCUT2D eigenvalue weighted by Gasteiger charge is -2.16. The van der Waals surface area contributed by atoms with Crippen LogP contribution in [-0.4, -0.2) is 33.3 Å². The molecular formula is C18H20O6. The third-order valence-electron chi connectivity index (χ3n) is 3.80. The number of carbonyl (C=O) groups excluding carboxylic acids is 2. The number of esters is 2. The van der Waals surface area contributed by atoms with E-state index in [2.05, 4.69) is 0 Å². The zero-order valence-corrected chi connectivity index (χ0v) is 14.3. The number of allylic oxidation sites excluding steroid dienone is 3. The Labute approximate surface area is 140 Å². The zero-order valence-electron chi connectivity index (χ0n) is 14.3. The largest absolute Gasteiger partial charge is 0.493 e. The van der Waals surface area contributed by atoms with Gasteiger partial charge in [-0.05, 0) is 37.1 Å². The second kappa shape index (κ2) is 7.21. The highest BCUT2D eigenvalue weighted by molar-refractivity contribution is 6.11. The Hall–Kier alpha value is -2.76. The first-order chi connectivity index (χ1) is 11.5. The highest BCUT2D eigenvalue weighted by atomic mass is 16.6. The summed E-state index contributed by atoms with van der Waals surface area (Å²) in [5.41, 5.74) is 1.53. The molecule has 1 aliphatic rings. The van der Waals surface area contributed by atoms with Crippen molar-refractivity contribution in [1.29, 1.82) is 0 Å². The van der Waals surface area contributed by atoms with Crippen LogP contribution < -0.4 is 14.2 Å². The smallest absolute Gasteiger partial charge is 0.343 e. The molecule has 6 heteroatoms. The lowest BCUT2D eigenvalue weighted by Crippen LogP contribution is -2.09. The van der Waals surface area contributed by atoms with Gasteiger partial charge in [-0.2, -0.15) is 0 Å². The number of hydrogen-bond donors (Lipinski definition) is 0. The van der Waals surface area contributed by atoms with Gasteiger partial charge in [0.15, 0.2) is 11.5 Å². The van der Waals surface area contributed by atoms with Gasteiger partial charge in [-0.15, -0.1) is 0 Å². The van der Waals surface area contributed by atoms with Gasteiger partial charge in [-0.25, -0.2) is 4.79 Å². The maximum Gasteiger partial charge on any atom is 0.343 e. The fourth-order valence-electron chi connectivity index (χ4n) is 2.74. The minimum Gasteiger partial charge on any atom is -0.493 e. The maximum absolute atomic E-state index is 12.2. The molecule has 1 aromatic carbocycles. The highest BCUT2D eigenvalue weighted by Gasteiger charge is 2.42. The van der Waals surface area contributed by atoms with E-state index in [1.807, 2.05) is 6.92 Å². The average molecular weight is 332 g/mol. The summed E-state index contributed by atoms with van der Waals surface area (Å²) in [7, 11) is 4.47. The van der Waals surface area contributed by atoms with Crippen molar-refractivity contribution in [1.82, 2.24) is 0 Å². The van der Waals surface area contributed by atoms with Crippen molar-refractivity contribution in [3.63, 3.8) is 0 Å². The fraction of sp³-hybridized carbons (Fsp3) is 0.333. The topological polar surface area (TPSA) is 71.1 Å². The second-order valence-electron chi connectivity index (χ2n) is 5.20. The summed E-state index contributed by atoms with van der Waals surface area (Å²) in [5.74, 6) is -0.855. The molecule has 2 rings (SSSR count). The molecule has 0 saturated carbocycles. The first-order valence-electron chi connectivity index (χ1n) is 7.37. The molecular weight excluding hydrogens is 312 g/mol. The number of methoxy groups -OCH3 is 3. The van der Waals surface area contributed by atoms with Crippen molar-refractivity contribution in [2.24, 2.45) is 0 Å². The Kier molecular flexibility index (Phi) is 5.28. The Morgan fingerprint density at radius 3 is 2.12 bits per heavy atom. The van der Waals surface area contributed by atoms with E-state index in [1.54, 1.807) is 31.2 Å². The van der Waals surface area contributed by atoms with Crippen molar-refractivity contribution >= 4 is 11.9 Å². The minimum atomic E-state index is -0.831. The van der Waals surface area contributed by atoms with E-state index in [0.29, 0.717) is 34.0 Å². The number of cyclic esters (lactones) is 2. The van der Waals surface area contributed by atoms with E-state index < -0.39 is 17.9 Å². The number of hydrogen-bond acceptors (Lipinski definition) is 6. The van der Waals surface area contributed by atoms with Crippen LogP contribution >= 0.6 is 0 Å². The molecule has 1 atom stereocenters. The lowest BCUT2D eigenvalue weighted by molar-refractivity contribution is -0.151. The van der Waals surface area contributed by atoms with Crippen molar-refractivity contribution in [3.05, 3.63) is 41.0 Å². The van der Waals surface area contributed by atoms with Crippen LogP contribution in [0.1, 0.15) is 25.3 Å². The molecule has 6 nitrogen and oxygen atoms in total. The molecule has 0 bridgehead atoms. The molecule has 0 aromatic heterocycles. The van der Waals surface area contributed by atoms with Gasteiger partial charge in [0.25, 0.3) is 0 Å². The SMILES string of the molecule is C/C=C/C(C)=C1C(=O)OC(=O)C1c1cc(OC)c(OC)c(OC)c1. The van der Waals surface area contributed by atoms with Gasteiger partial charge < -0.3 is 18.9 Å². The lowest BCUT2D eigenvalue weighted by atomic mass is 9.89. The van der Waals surface area contributed by atoms with E-state index in [0.717, 1.165) is 0 Å². The minimum absolute atomic E-state index is 0.312. The summed E-state index contributed by atoms with van der Waals surface area (Å²) in [4.78, 5) is 24.3. The Balaban J connectivity index is 2.66. The van der Waals surface area contributed by atoms with Crippen molar-refractivity contribution in [2.75, 3.05) is 21.3 Å². The molecule has 1 unspecified atom stereocenters. The van der Waals surface area contributed by atoms with Gasteiger partial charge in [0.05, 0.1) is 26.9 Å². The maximum atomic E-state index is 12.2. The Morgan fingerprint density at radius 2 is 1.67 bits per heavy atom. The molecule has 1 saturated heterocycles. The van der Waals surface area contributed by atoms with Crippen LogP contribution in [0.4, 0.5) is 0 Å². The van der Waals surface area contributed by atoms with E-state index >= 15 is 0 Å². The fourth-order valence-corrected chi connectivity index (χ4v) is 2.74. The first-order valence-corrected chi connectivity index (χ1v) is 7.37. The molecule has 128 valence electrons. The summed E-state index contributed by atoms with van der Waals surface area (Å²) in [5, 5.41) is 0. The third-order valence-corrected chi connectivity index (χ3v) is 3.80. The number of carbonyl (C=O) groups is 2. The monoisotopic (exact) mass is 332 g/mol. The summed E-state index contributed by atoms with van der Waals surface area (Å²) >= 11 is 0. The molecule has 1 fully saturated rings. The molecule has 1 aliphatic heterocycles. The summed E-state index contributed by atoms with van der Waals surface area (Å²) in [6.07, 6.45) is 3.56. The zero-order chi connectivity index (χ0) is 17.9. The first kappa shape index (κ1) is 17.6. The van der Waals surface area contributed by atoms with Crippen LogP contribution in [0.2, 0.25) is 0 Å². The van der Waals surface area contributed by atoms with Crippen LogP contribution in [0.5, 0.6) is 17.2 Å². The second-order valence-corrected chi connectivity index (χ2v) is 5.20. The van der Waals surface area contributed by atoms with E-state index in [9.17, 15) is 9.59 Å². The van der Waals surface area contributed by atoms with Gasteiger partial charge in [0.2, 0.25) is 5.75 Å². The van der Waals surface area contributed by atoms with E-state index in [4.69, 9.17) is 18.9 Å². The molecule has 24 heavy (non-hydrogen) atoms. The normalized spacial score (nSPS) is 19.5. The Bertz CT molecular complexity index is 704. The van der Waals surface area contributed by atoms with Gasteiger partial charge in [0, 0.05) is 0 Å². The summed E-state index contributed by atoms with van der Waals surface area (Å²) in [6, 6.07) is 3.30. The molecule has 0 N–H and O–H groups in total. The van der Waals surface area contributed by atoms with Crippen LogP contribution in [0.15, 0.2) is 35.4 Å². The molecule has 0 spiro atoms. The Morgan fingerprint density at radius 1 is 1.08 bits per heavy atom. The van der Waals surface area contributed by atoms with Crippen LogP contribution in [0.25, 0.3) is 0 Å². The van der Waals surface area contributed by atoms with Gasteiger partial charge in [0.1, 0.15) is 5.92 Å². The van der Waals surface area contributed by atoms with Crippen molar-refractivity contribution in [3.8, 4) is 17.2 Å². The number of benzene rings is 1. The predicted octanol–water partition coefficient (Wildman–Crippen LogP) is 2.77. The molecule has 0 amide bonds. The average Bonchev–Trinajstić information content (AvgIpc) is 2.87. The van der Waals surface area contributed by atoms with Gasteiger partial charge in [-0.3, -0.25) is 4.79 Å². The highest BCUT2D eigenvalue weighted by Crippen LogP contribution is 2.43. The third kappa shape index (κ3) is 2.99. The van der Waals surface area contributed by atoms with Crippen LogP contribution in [-0.2, 0) is 14.3 Å². The van der Waals surface area contributed by atoms with Crippen molar-refractivity contribution in [2.45, 2.75) is 19.8 Å². The van der Waals surface area contributed by atoms with Crippen molar-refractivity contribution < 1.29 is 28.5 Å². The standard InChI is InChI=1S/C18H20O6/c1-6-7-10(2)14-15(18(20)24-17(14)19)11-8-12(21-3)16(23-5)13(9-11)22-4/h6-9,15H,1-5H3/b7-6+,14-10?. The van der Waals surface area contributed by atoms with Gasteiger partial charge in [-0.1, -0.05) is 12.2 Å². The van der Waals surface area contributed by atoms with Crippen LogP contribution in [0, 0.1) is 0 Å². The number of ether oxygens (including phenoxy) is 4. The summed E-state index contributed by atoms with van der Waals surface area (Å²) in [6.45, 7) is 3.60. The quantitative estimate of drug-likeness (QED) is 0.469. The molecule has 1 aromatic rings. The predicted molar refractivity (Wildman–Crippen MR) is 87.5 cm³/mol. The molecule has 1 heterocycles. The van der Waals surface area contributed by atoms with E-state index in [-0.39, 0.29) is 0 Å². The van der Waals surface area contributed by atoms with E-state index in [1.165, 1.54) is 21.3 Å². The molecule has 0 aliphatic carbocycles. The summed E-state index contributed by atoms with van der Waals surface area (Å²) < 4.78 is 20.7.